The smallest absolute Gasteiger partial charge is 0.355 e. The van der Waals surface area contributed by atoms with Crippen molar-refractivity contribution in [1.82, 2.24) is 9.29 Å². The predicted molar refractivity (Wildman–Crippen MR) is 106 cm³/mol. The van der Waals surface area contributed by atoms with Crippen LogP contribution in [0, 0.1) is 0 Å². The van der Waals surface area contributed by atoms with Gasteiger partial charge in [-0.1, -0.05) is 0 Å². The third-order valence-electron chi connectivity index (χ3n) is 4.70. The first-order valence-electron chi connectivity index (χ1n) is 9.45. The van der Waals surface area contributed by atoms with Gasteiger partial charge in [0.2, 0.25) is 10.0 Å². The Morgan fingerprint density at radius 2 is 1.90 bits per heavy atom. The van der Waals surface area contributed by atoms with Crippen LogP contribution in [0.3, 0.4) is 0 Å². The van der Waals surface area contributed by atoms with E-state index < -0.39 is 16.0 Å². The van der Waals surface area contributed by atoms with Gasteiger partial charge in [0, 0.05) is 30.4 Å². The molecule has 1 saturated heterocycles. The molecule has 0 amide bonds. The van der Waals surface area contributed by atoms with Crippen LogP contribution >= 0.6 is 0 Å². The van der Waals surface area contributed by atoms with E-state index in [1.165, 1.54) is 23.5 Å². The molecule has 29 heavy (non-hydrogen) atoms. The highest BCUT2D eigenvalue weighted by molar-refractivity contribution is 7.89. The Morgan fingerprint density at radius 1 is 1.17 bits per heavy atom. The van der Waals surface area contributed by atoms with Gasteiger partial charge in [-0.3, -0.25) is 4.79 Å². The Bertz CT molecular complexity index is 1010. The quantitative estimate of drug-likeness (QED) is 0.520. The number of nitrogens with zero attached hydrogens (tertiary/aromatic N) is 1. The van der Waals surface area contributed by atoms with Gasteiger partial charge >= 0.3 is 5.97 Å². The summed E-state index contributed by atoms with van der Waals surface area (Å²) >= 11 is 0. The van der Waals surface area contributed by atoms with Crippen LogP contribution in [0.25, 0.3) is 0 Å². The second kappa shape index (κ2) is 8.79. The summed E-state index contributed by atoms with van der Waals surface area (Å²) in [5, 5.41) is 0. The molecule has 2 heterocycles. The van der Waals surface area contributed by atoms with Gasteiger partial charge in [0.1, 0.15) is 22.9 Å². The van der Waals surface area contributed by atoms with Crippen LogP contribution < -0.4 is 4.74 Å². The molecule has 0 spiro atoms. The number of carbonyl (C=O) groups excluding carboxylic acids is 2. The molecule has 0 unspecified atom stereocenters. The first-order valence-corrected chi connectivity index (χ1v) is 10.9. The van der Waals surface area contributed by atoms with Gasteiger partial charge in [-0.2, -0.15) is 4.31 Å². The molecule has 0 aliphatic carbocycles. The number of aromatic amines is 1. The number of esters is 1. The maximum absolute atomic E-state index is 12.6. The number of hydrogen-bond donors (Lipinski definition) is 1. The van der Waals surface area contributed by atoms with Crippen molar-refractivity contribution in [2.24, 2.45) is 0 Å². The van der Waals surface area contributed by atoms with E-state index in [2.05, 4.69) is 4.98 Å². The zero-order chi connectivity index (χ0) is 21.0. The largest absolute Gasteiger partial charge is 0.493 e. The summed E-state index contributed by atoms with van der Waals surface area (Å²) in [4.78, 5) is 26.7. The molecular formula is C20H24N2O6S. The highest BCUT2D eigenvalue weighted by Crippen LogP contribution is 2.24. The second-order valence-corrected chi connectivity index (χ2v) is 8.69. The molecule has 2 aromatic rings. The minimum Gasteiger partial charge on any atom is -0.493 e. The van der Waals surface area contributed by atoms with Crippen LogP contribution in [0.4, 0.5) is 0 Å². The molecule has 9 heteroatoms. The predicted octanol–water partition coefficient (Wildman–Crippen LogP) is 2.76. The molecule has 8 nitrogen and oxygen atoms in total. The summed E-state index contributed by atoms with van der Waals surface area (Å²) in [5.41, 5.74) is 1.09. The Labute approximate surface area is 169 Å². The Hall–Kier alpha value is -2.65. The van der Waals surface area contributed by atoms with E-state index in [9.17, 15) is 18.0 Å². The van der Waals surface area contributed by atoms with Crippen LogP contribution in [-0.4, -0.2) is 49.2 Å². The van der Waals surface area contributed by atoms with E-state index in [-0.39, 0.29) is 23.0 Å². The van der Waals surface area contributed by atoms with E-state index >= 15 is 0 Å². The van der Waals surface area contributed by atoms with Gasteiger partial charge in [0.05, 0.1) is 6.61 Å². The SMILES string of the molecule is CCOc1ccc(C(C)=O)cc1COC(=O)c1cc(S(=O)(=O)N2CCCC2)c[nH]1. The van der Waals surface area contributed by atoms with Crippen LogP contribution in [-0.2, 0) is 21.4 Å². The molecule has 1 aliphatic rings. The summed E-state index contributed by atoms with van der Waals surface area (Å²) in [5.74, 6) is -0.278. The van der Waals surface area contributed by atoms with Crippen LogP contribution in [0.5, 0.6) is 5.75 Å². The van der Waals surface area contributed by atoms with E-state index in [0.717, 1.165) is 12.8 Å². The van der Waals surface area contributed by atoms with Gasteiger partial charge in [-0.05, 0) is 51.0 Å². The average molecular weight is 420 g/mol. The van der Waals surface area contributed by atoms with E-state index in [4.69, 9.17) is 9.47 Å². The summed E-state index contributed by atoms with van der Waals surface area (Å²) < 4.78 is 37.4. The van der Waals surface area contributed by atoms with Crippen molar-refractivity contribution in [1.29, 1.82) is 0 Å². The number of ether oxygens (including phenoxy) is 2. The first-order chi connectivity index (χ1) is 13.8. The van der Waals surface area contributed by atoms with Crippen molar-refractivity contribution in [3.63, 3.8) is 0 Å². The molecule has 1 N–H and O–H groups in total. The monoisotopic (exact) mass is 420 g/mol. The fourth-order valence-corrected chi connectivity index (χ4v) is 4.66. The number of nitrogens with one attached hydrogen (secondary N) is 1. The number of ketones is 1. The molecule has 1 fully saturated rings. The van der Waals surface area contributed by atoms with Crippen molar-refractivity contribution < 1.29 is 27.5 Å². The standard InChI is InChI=1S/C20H24N2O6S/c1-3-27-19-7-6-15(14(2)23)10-16(19)13-28-20(24)18-11-17(12-21-18)29(25,26)22-8-4-5-9-22/h6-7,10-12,21H,3-5,8-9,13H2,1-2H3. The Balaban J connectivity index is 1.72. The molecular weight excluding hydrogens is 396 g/mol. The minimum absolute atomic E-state index is 0.0416. The third-order valence-corrected chi connectivity index (χ3v) is 6.58. The zero-order valence-electron chi connectivity index (χ0n) is 16.4. The lowest BCUT2D eigenvalue weighted by Crippen LogP contribution is -2.27. The molecule has 1 aromatic heterocycles. The van der Waals surface area contributed by atoms with Gasteiger partial charge < -0.3 is 14.5 Å². The van der Waals surface area contributed by atoms with Crippen molar-refractivity contribution in [3.8, 4) is 5.75 Å². The fraction of sp³-hybridized carbons (Fsp3) is 0.400. The number of hydrogen-bond acceptors (Lipinski definition) is 6. The molecule has 156 valence electrons. The second-order valence-electron chi connectivity index (χ2n) is 6.75. The molecule has 0 bridgehead atoms. The summed E-state index contributed by atoms with van der Waals surface area (Å²) in [6.45, 7) is 4.57. The topological polar surface area (TPSA) is 106 Å². The third kappa shape index (κ3) is 4.68. The first kappa shape index (κ1) is 21.1. The lowest BCUT2D eigenvalue weighted by atomic mass is 10.1. The fourth-order valence-electron chi connectivity index (χ4n) is 3.15. The number of H-pyrrole nitrogens is 1. The van der Waals surface area contributed by atoms with Gasteiger partial charge in [-0.15, -0.1) is 0 Å². The minimum atomic E-state index is -3.61. The van der Waals surface area contributed by atoms with E-state index in [0.29, 0.717) is 36.6 Å². The summed E-state index contributed by atoms with van der Waals surface area (Å²) in [6.07, 6.45) is 2.96. The van der Waals surface area contributed by atoms with Crippen molar-refractivity contribution >= 4 is 21.8 Å². The zero-order valence-corrected chi connectivity index (χ0v) is 17.3. The number of aromatic nitrogens is 1. The van der Waals surface area contributed by atoms with Crippen LogP contribution in [0.1, 0.15) is 53.1 Å². The summed E-state index contributed by atoms with van der Waals surface area (Å²) in [7, 11) is -3.61. The van der Waals surface area contributed by atoms with Gasteiger partial charge in [-0.25, -0.2) is 13.2 Å². The van der Waals surface area contributed by atoms with Crippen LogP contribution in [0.2, 0.25) is 0 Å². The number of benzene rings is 1. The van der Waals surface area contributed by atoms with E-state index in [1.807, 2.05) is 6.92 Å². The Morgan fingerprint density at radius 3 is 2.55 bits per heavy atom. The van der Waals surface area contributed by atoms with Gasteiger partial charge in [0.25, 0.3) is 0 Å². The number of rotatable bonds is 8. The van der Waals surface area contributed by atoms with Crippen molar-refractivity contribution in [2.45, 2.75) is 38.2 Å². The van der Waals surface area contributed by atoms with E-state index in [1.54, 1.807) is 18.2 Å². The average Bonchev–Trinajstić information content (AvgIpc) is 3.39. The maximum atomic E-state index is 12.6. The summed E-state index contributed by atoms with van der Waals surface area (Å²) in [6, 6.07) is 6.22. The molecule has 1 aromatic carbocycles. The number of sulfonamides is 1. The van der Waals surface area contributed by atoms with Gasteiger partial charge in [0.15, 0.2) is 5.78 Å². The molecule has 0 radical (unpaired) electrons. The highest BCUT2D eigenvalue weighted by atomic mass is 32.2. The Kier molecular flexibility index (Phi) is 6.39. The number of Topliss-reactive ketones (excluding diaryl/α,β-unsaturated/α-hetero) is 1. The maximum Gasteiger partial charge on any atom is 0.355 e. The lowest BCUT2D eigenvalue weighted by molar-refractivity contribution is 0.0463. The molecule has 0 atom stereocenters. The normalized spacial score (nSPS) is 14.7. The molecule has 1 aliphatic heterocycles. The number of carbonyl (C=O) groups is 2. The molecule has 0 saturated carbocycles. The van der Waals surface area contributed by atoms with Crippen molar-refractivity contribution in [3.05, 3.63) is 47.3 Å². The van der Waals surface area contributed by atoms with Crippen LogP contribution in [0.15, 0.2) is 35.4 Å². The molecule has 3 rings (SSSR count). The lowest BCUT2D eigenvalue weighted by Gasteiger charge is -2.13. The highest BCUT2D eigenvalue weighted by Gasteiger charge is 2.29. The van der Waals surface area contributed by atoms with Crippen molar-refractivity contribution in [2.75, 3.05) is 19.7 Å².